The predicted molar refractivity (Wildman–Crippen MR) is 86.8 cm³/mol. The van der Waals surface area contributed by atoms with Gasteiger partial charge in [-0.2, -0.15) is 4.98 Å². The maximum Gasteiger partial charge on any atom is 0.229 e. The summed E-state index contributed by atoms with van der Waals surface area (Å²) in [4.78, 5) is 7.32. The van der Waals surface area contributed by atoms with E-state index < -0.39 is 0 Å². The van der Waals surface area contributed by atoms with E-state index in [0.717, 1.165) is 17.6 Å². The molecule has 0 radical (unpaired) electrons. The Labute approximate surface area is 133 Å². The van der Waals surface area contributed by atoms with Crippen molar-refractivity contribution in [1.29, 1.82) is 0 Å². The van der Waals surface area contributed by atoms with Gasteiger partial charge in [-0.25, -0.2) is 0 Å². The molecule has 2 aliphatic rings. The smallest absolute Gasteiger partial charge is 0.229 e. The van der Waals surface area contributed by atoms with E-state index in [-0.39, 0.29) is 0 Å². The minimum Gasteiger partial charge on any atom is -0.339 e. The molecule has 1 atom stereocenters. The summed E-state index contributed by atoms with van der Waals surface area (Å²) in [5.74, 6) is 2.82. The van der Waals surface area contributed by atoms with Gasteiger partial charge in [-0.15, -0.1) is 0 Å². The summed E-state index contributed by atoms with van der Waals surface area (Å²) in [5.41, 5.74) is 0. The van der Waals surface area contributed by atoms with Gasteiger partial charge in [0, 0.05) is 12.5 Å². The summed E-state index contributed by atoms with van der Waals surface area (Å²) in [6, 6.07) is 0.355. The topological polar surface area (TPSA) is 54.2 Å². The molecule has 0 spiro atoms. The first-order valence-electron chi connectivity index (χ1n) is 9.02. The van der Waals surface area contributed by atoms with Crippen LogP contribution in [0.5, 0.6) is 0 Å². The number of piperidine rings is 1. The number of aromatic nitrogens is 2. The predicted octanol–water partition coefficient (Wildman–Crippen LogP) is 3.11. The maximum absolute atomic E-state index is 5.46. The van der Waals surface area contributed by atoms with Crippen molar-refractivity contribution < 1.29 is 4.52 Å². The van der Waals surface area contributed by atoms with Crippen LogP contribution in [0.2, 0.25) is 0 Å². The van der Waals surface area contributed by atoms with Crippen molar-refractivity contribution in [1.82, 2.24) is 20.4 Å². The Morgan fingerprint density at radius 2 is 2.00 bits per heavy atom. The average molecular weight is 306 g/mol. The van der Waals surface area contributed by atoms with E-state index in [0.29, 0.717) is 12.0 Å². The molecule has 1 aromatic heterocycles. The van der Waals surface area contributed by atoms with Gasteiger partial charge < -0.3 is 9.84 Å². The quantitative estimate of drug-likeness (QED) is 0.926. The van der Waals surface area contributed by atoms with E-state index in [9.17, 15) is 0 Å². The van der Waals surface area contributed by atoms with Gasteiger partial charge in [-0.05, 0) is 51.2 Å². The highest BCUT2D eigenvalue weighted by Crippen LogP contribution is 2.31. The molecule has 3 rings (SSSR count). The van der Waals surface area contributed by atoms with Crippen LogP contribution in [0.15, 0.2) is 4.52 Å². The number of nitrogens with one attached hydrogen (secondary N) is 1. The summed E-state index contributed by atoms with van der Waals surface area (Å²) in [7, 11) is 0. The minimum absolute atomic E-state index is 0.310. The third-order valence-electron chi connectivity index (χ3n) is 5.06. The van der Waals surface area contributed by atoms with Crippen molar-refractivity contribution in [2.45, 2.75) is 64.3 Å². The molecule has 124 valence electrons. The van der Waals surface area contributed by atoms with Gasteiger partial charge in [0.1, 0.15) is 0 Å². The van der Waals surface area contributed by atoms with Gasteiger partial charge in [0.2, 0.25) is 5.89 Å². The lowest BCUT2D eigenvalue weighted by Crippen LogP contribution is -2.38. The molecule has 2 saturated heterocycles. The molecule has 1 aromatic rings. The van der Waals surface area contributed by atoms with Gasteiger partial charge in [0.05, 0.1) is 6.04 Å². The lowest BCUT2D eigenvalue weighted by molar-refractivity contribution is 0.146. The van der Waals surface area contributed by atoms with E-state index in [1.807, 2.05) is 0 Å². The van der Waals surface area contributed by atoms with E-state index in [4.69, 9.17) is 4.52 Å². The molecule has 5 heteroatoms. The second-order valence-electron chi connectivity index (χ2n) is 7.20. The molecule has 0 aliphatic carbocycles. The third kappa shape index (κ3) is 3.87. The normalized spacial score (nSPS) is 25.5. The zero-order valence-corrected chi connectivity index (χ0v) is 14.1. The van der Waals surface area contributed by atoms with Crippen LogP contribution >= 0.6 is 0 Å². The van der Waals surface area contributed by atoms with E-state index in [1.165, 1.54) is 64.7 Å². The molecule has 2 aliphatic heterocycles. The van der Waals surface area contributed by atoms with E-state index in [1.54, 1.807) is 0 Å². The van der Waals surface area contributed by atoms with Crippen LogP contribution in [0.1, 0.15) is 76.0 Å². The van der Waals surface area contributed by atoms with Crippen LogP contribution in [0.4, 0.5) is 0 Å². The number of nitrogens with zero attached hydrogens (tertiary/aromatic N) is 3. The van der Waals surface area contributed by atoms with Crippen molar-refractivity contribution in [2.24, 2.45) is 5.92 Å². The van der Waals surface area contributed by atoms with E-state index in [2.05, 4.69) is 34.2 Å². The summed E-state index contributed by atoms with van der Waals surface area (Å²) in [6.07, 6.45) is 7.67. The largest absolute Gasteiger partial charge is 0.339 e. The molecule has 0 bridgehead atoms. The van der Waals surface area contributed by atoms with Crippen molar-refractivity contribution in [3.63, 3.8) is 0 Å². The number of rotatable bonds is 4. The van der Waals surface area contributed by atoms with Crippen LogP contribution in [-0.4, -0.2) is 41.2 Å². The average Bonchev–Trinajstić information content (AvgIpc) is 2.90. The number of hydrogen-bond donors (Lipinski definition) is 1. The molecule has 1 N–H and O–H groups in total. The fourth-order valence-corrected chi connectivity index (χ4v) is 3.69. The second kappa shape index (κ2) is 7.55. The van der Waals surface area contributed by atoms with E-state index >= 15 is 0 Å². The molecule has 2 fully saturated rings. The highest BCUT2D eigenvalue weighted by molar-refractivity contribution is 4.98. The van der Waals surface area contributed by atoms with Crippen molar-refractivity contribution in [3.05, 3.63) is 11.7 Å². The SMILES string of the molecule is CC(C)c1nc(C2CCCCCN2CC2CCNCC2)no1. The minimum atomic E-state index is 0.310. The Balaban J connectivity index is 1.71. The second-order valence-corrected chi connectivity index (χ2v) is 7.20. The monoisotopic (exact) mass is 306 g/mol. The standard InChI is InChI=1S/C17H30N4O/c1-13(2)17-19-16(20-22-17)15-6-4-3-5-11-21(15)12-14-7-9-18-10-8-14/h13-15,18H,3-12H2,1-2H3. The van der Waals surface area contributed by atoms with Crippen LogP contribution in [0, 0.1) is 5.92 Å². The Hall–Kier alpha value is -0.940. The zero-order valence-electron chi connectivity index (χ0n) is 14.1. The Morgan fingerprint density at radius 3 is 2.73 bits per heavy atom. The Kier molecular flexibility index (Phi) is 5.47. The zero-order chi connectivity index (χ0) is 15.4. The third-order valence-corrected chi connectivity index (χ3v) is 5.06. The van der Waals surface area contributed by atoms with Crippen LogP contribution in [0.25, 0.3) is 0 Å². The van der Waals surface area contributed by atoms with Gasteiger partial charge in [-0.1, -0.05) is 31.8 Å². The molecular weight excluding hydrogens is 276 g/mol. The van der Waals surface area contributed by atoms with Crippen molar-refractivity contribution in [2.75, 3.05) is 26.2 Å². The number of hydrogen-bond acceptors (Lipinski definition) is 5. The summed E-state index contributed by atoms with van der Waals surface area (Å²) in [5, 5.41) is 7.77. The molecular formula is C17H30N4O. The van der Waals surface area contributed by atoms with Crippen LogP contribution in [0.3, 0.4) is 0 Å². The Bertz CT molecular complexity index is 453. The molecule has 22 heavy (non-hydrogen) atoms. The van der Waals surface area contributed by atoms with Crippen molar-refractivity contribution in [3.8, 4) is 0 Å². The van der Waals surface area contributed by atoms with Crippen LogP contribution < -0.4 is 5.32 Å². The number of likely N-dealkylation sites (tertiary alicyclic amines) is 1. The molecule has 0 saturated carbocycles. The maximum atomic E-state index is 5.46. The van der Waals surface area contributed by atoms with Crippen molar-refractivity contribution >= 4 is 0 Å². The fourth-order valence-electron chi connectivity index (χ4n) is 3.69. The van der Waals surface area contributed by atoms with Gasteiger partial charge in [0.15, 0.2) is 5.82 Å². The summed E-state index contributed by atoms with van der Waals surface area (Å²) < 4.78 is 5.46. The van der Waals surface area contributed by atoms with Gasteiger partial charge in [0.25, 0.3) is 0 Å². The molecule has 1 unspecified atom stereocenters. The summed E-state index contributed by atoms with van der Waals surface area (Å²) in [6.45, 7) is 8.93. The first kappa shape index (κ1) is 15.9. The van der Waals surface area contributed by atoms with Crippen LogP contribution in [-0.2, 0) is 0 Å². The fraction of sp³-hybridized carbons (Fsp3) is 0.882. The summed E-state index contributed by atoms with van der Waals surface area (Å²) >= 11 is 0. The highest BCUT2D eigenvalue weighted by atomic mass is 16.5. The molecule has 0 amide bonds. The molecule has 0 aromatic carbocycles. The molecule has 5 nitrogen and oxygen atoms in total. The highest BCUT2D eigenvalue weighted by Gasteiger charge is 2.29. The first-order chi connectivity index (χ1) is 10.7. The Morgan fingerprint density at radius 1 is 1.18 bits per heavy atom. The lowest BCUT2D eigenvalue weighted by atomic mass is 9.96. The first-order valence-corrected chi connectivity index (χ1v) is 9.02. The van der Waals surface area contributed by atoms with Gasteiger partial charge >= 0.3 is 0 Å². The molecule has 3 heterocycles. The lowest BCUT2D eigenvalue weighted by Gasteiger charge is -2.33. The van der Waals surface area contributed by atoms with Gasteiger partial charge in [-0.3, -0.25) is 4.90 Å².